The Morgan fingerprint density at radius 3 is 2.68 bits per heavy atom. The first-order valence-corrected chi connectivity index (χ1v) is 9.56. The van der Waals surface area contributed by atoms with Crippen molar-refractivity contribution in [1.82, 2.24) is 4.98 Å². The molecule has 0 N–H and O–H groups in total. The van der Waals surface area contributed by atoms with Gasteiger partial charge in [-0.15, -0.1) is 0 Å². The monoisotopic (exact) mass is 466 g/mol. The SMILES string of the molecule is CCOC(=O)[C@]1(COC(=O)c2cccnc2Cl)COC(c2ccc(Br)cc2)=N1. The molecule has 0 saturated carbocycles. The van der Waals surface area contributed by atoms with Crippen molar-refractivity contribution in [1.29, 1.82) is 0 Å². The molecule has 146 valence electrons. The van der Waals surface area contributed by atoms with Crippen molar-refractivity contribution in [2.45, 2.75) is 12.5 Å². The number of hydrogen-bond donors (Lipinski definition) is 0. The second kappa shape index (κ2) is 8.70. The van der Waals surface area contributed by atoms with E-state index in [4.69, 9.17) is 25.8 Å². The van der Waals surface area contributed by atoms with Gasteiger partial charge in [-0.25, -0.2) is 19.6 Å². The predicted molar refractivity (Wildman–Crippen MR) is 106 cm³/mol. The maximum Gasteiger partial charge on any atom is 0.341 e. The summed E-state index contributed by atoms with van der Waals surface area (Å²) in [6, 6.07) is 10.3. The minimum absolute atomic E-state index is 0.0133. The molecule has 0 bridgehead atoms. The Morgan fingerprint density at radius 1 is 1.25 bits per heavy atom. The standard InChI is InChI=1S/C19H16BrClN2O5/c1-2-26-18(25)19(11-28-17(24)14-4-3-9-22-15(14)21)10-27-16(23-19)12-5-7-13(20)8-6-12/h3-9H,2,10-11H2,1H3/t19-/m1/s1. The van der Waals surface area contributed by atoms with E-state index in [1.165, 1.54) is 12.3 Å². The molecule has 28 heavy (non-hydrogen) atoms. The van der Waals surface area contributed by atoms with Gasteiger partial charge < -0.3 is 14.2 Å². The lowest BCUT2D eigenvalue weighted by molar-refractivity contribution is -0.151. The number of ether oxygens (including phenoxy) is 3. The molecule has 0 unspecified atom stereocenters. The fourth-order valence-electron chi connectivity index (χ4n) is 2.49. The quantitative estimate of drug-likeness (QED) is 0.478. The lowest BCUT2D eigenvalue weighted by Crippen LogP contribution is -2.45. The molecule has 0 radical (unpaired) electrons. The number of carbonyl (C=O) groups is 2. The van der Waals surface area contributed by atoms with Crippen LogP contribution in [0.25, 0.3) is 0 Å². The normalized spacial score (nSPS) is 18.2. The smallest absolute Gasteiger partial charge is 0.341 e. The summed E-state index contributed by atoms with van der Waals surface area (Å²) in [7, 11) is 0. The third-order valence-corrected chi connectivity index (χ3v) is 4.76. The summed E-state index contributed by atoms with van der Waals surface area (Å²) in [6.45, 7) is 1.38. The van der Waals surface area contributed by atoms with Gasteiger partial charge >= 0.3 is 11.9 Å². The molecular formula is C19H16BrClN2O5. The average Bonchev–Trinajstić information content (AvgIpc) is 3.13. The molecule has 1 aliphatic heterocycles. The Hall–Kier alpha value is -2.45. The van der Waals surface area contributed by atoms with E-state index in [1.807, 2.05) is 12.1 Å². The maximum absolute atomic E-state index is 12.6. The number of halogens is 2. The lowest BCUT2D eigenvalue weighted by Gasteiger charge is -2.21. The highest BCUT2D eigenvalue weighted by molar-refractivity contribution is 9.10. The molecule has 7 nitrogen and oxygen atoms in total. The van der Waals surface area contributed by atoms with Gasteiger partial charge in [0, 0.05) is 16.2 Å². The molecule has 1 aromatic carbocycles. The molecule has 9 heteroatoms. The number of aromatic nitrogens is 1. The van der Waals surface area contributed by atoms with Crippen LogP contribution in [-0.2, 0) is 19.0 Å². The fraction of sp³-hybridized carbons (Fsp3) is 0.263. The van der Waals surface area contributed by atoms with Gasteiger partial charge in [-0.05, 0) is 43.3 Å². The van der Waals surface area contributed by atoms with E-state index in [1.54, 1.807) is 25.1 Å². The zero-order valence-electron chi connectivity index (χ0n) is 14.9. The van der Waals surface area contributed by atoms with Crippen LogP contribution in [-0.4, -0.2) is 48.2 Å². The van der Waals surface area contributed by atoms with Gasteiger partial charge in [0.1, 0.15) is 18.4 Å². The van der Waals surface area contributed by atoms with E-state index in [-0.39, 0.29) is 36.4 Å². The van der Waals surface area contributed by atoms with Crippen molar-refractivity contribution in [3.8, 4) is 0 Å². The highest BCUT2D eigenvalue weighted by atomic mass is 79.9. The summed E-state index contributed by atoms with van der Waals surface area (Å²) in [5.74, 6) is -1.07. The van der Waals surface area contributed by atoms with Crippen molar-refractivity contribution < 1.29 is 23.8 Å². The number of hydrogen-bond acceptors (Lipinski definition) is 7. The van der Waals surface area contributed by atoms with Crippen LogP contribution in [0.5, 0.6) is 0 Å². The molecular weight excluding hydrogens is 452 g/mol. The molecule has 0 spiro atoms. The fourth-order valence-corrected chi connectivity index (χ4v) is 2.95. The van der Waals surface area contributed by atoms with Gasteiger partial charge in [0.15, 0.2) is 0 Å². The maximum atomic E-state index is 12.6. The number of aliphatic imine (C=N–C) groups is 1. The Bertz CT molecular complexity index is 919. The molecule has 1 atom stereocenters. The molecule has 0 aliphatic carbocycles. The Labute approximate surface area is 174 Å². The lowest BCUT2D eigenvalue weighted by atomic mass is 10.0. The molecule has 0 saturated heterocycles. The second-order valence-electron chi connectivity index (χ2n) is 5.88. The van der Waals surface area contributed by atoms with Crippen LogP contribution in [0.2, 0.25) is 5.15 Å². The number of nitrogens with zero attached hydrogens (tertiary/aromatic N) is 2. The van der Waals surface area contributed by atoms with E-state index in [2.05, 4.69) is 25.9 Å². The first-order valence-electron chi connectivity index (χ1n) is 8.38. The summed E-state index contributed by atoms with van der Waals surface area (Å²) in [5, 5.41) is 0.0133. The summed E-state index contributed by atoms with van der Waals surface area (Å²) in [4.78, 5) is 33.2. The highest BCUT2D eigenvalue weighted by Crippen LogP contribution is 2.26. The first kappa shape index (κ1) is 20.3. The third-order valence-electron chi connectivity index (χ3n) is 3.93. The minimum atomic E-state index is -1.48. The first-order chi connectivity index (χ1) is 13.4. The summed E-state index contributed by atoms with van der Waals surface area (Å²) < 4.78 is 17.0. The number of esters is 2. The van der Waals surface area contributed by atoms with E-state index >= 15 is 0 Å². The van der Waals surface area contributed by atoms with Crippen molar-refractivity contribution in [3.63, 3.8) is 0 Å². The second-order valence-corrected chi connectivity index (χ2v) is 7.16. The number of rotatable bonds is 6. The van der Waals surface area contributed by atoms with Crippen LogP contribution in [0.4, 0.5) is 0 Å². The van der Waals surface area contributed by atoms with Crippen molar-refractivity contribution in [3.05, 3.63) is 63.3 Å². The van der Waals surface area contributed by atoms with Gasteiger partial charge in [-0.2, -0.15) is 0 Å². The summed E-state index contributed by atoms with van der Waals surface area (Å²) >= 11 is 9.28. The summed E-state index contributed by atoms with van der Waals surface area (Å²) in [6.07, 6.45) is 1.46. The van der Waals surface area contributed by atoms with E-state index < -0.39 is 17.5 Å². The van der Waals surface area contributed by atoms with Gasteiger partial charge in [0.25, 0.3) is 0 Å². The van der Waals surface area contributed by atoms with Crippen LogP contribution in [0, 0.1) is 0 Å². The van der Waals surface area contributed by atoms with Gasteiger partial charge in [0.2, 0.25) is 11.4 Å². The molecule has 0 amide bonds. The Morgan fingerprint density at radius 2 is 2.00 bits per heavy atom. The minimum Gasteiger partial charge on any atom is -0.474 e. The van der Waals surface area contributed by atoms with Crippen LogP contribution in [0.1, 0.15) is 22.8 Å². The molecule has 0 fully saturated rings. The van der Waals surface area contributed by atoms with Crippen LogP contribution >= 0.6 is 27.5 Å². The topological polar surface area (TPSA) is 87.1 Å². The molecule has 1 aromatic heterocycles. The van der Waals surface area contributed by atoms with E-state index in [0.29, 0.717) is 5.56 Å². The van der Waals surface area contributed by atoms with Gasteiger partial charge in [-0.3, -0.25) is 0 Å². The van der Waals surface area contributed by atoms with Crippen LogP contribution in [0.15, 0.2) is 52.1 Å². The zero-order valence-corrected chi connectivity index (χ0v) is 17.2. The Balaban J connectivity index is 1.83. The van der Waals surface area contributed by atoms with Gasteiger partial charge in [0.05, 0.1) is 12.2 Å². The highest BCUT2D eigenvalue weighted by Gasteiger charge is 2.47. The molecule has 2 aromatic rings. The average molecular weight is 468 g/mol. The number of benzene rings is 1. The molecule has 3 rings (SSSR count). The van der Waals surface area contributed by atoms with Crippen molar-refractivity contribution in [2.75, 3.05) is 19.8 Å². The van der Waals surface area contributed by atoms with E-state index in [0.717, 1.165) is 4.47 Å². The summed E-state index contributed by atoms with van der Waals surface area (Å²) in [5.41, 5.74) is -0.696. The van der Waals surface area contributed by atoms with E-state index in [9.17, 15) is 9.59 Å². The predicted octanol–water partition coefficient (Wildman–Crippen LogP) is 3.43. The molecule has 1 aliphatic rings. The zero-order chi connectivity index (χ0) is 20.1. The van der Waals surface area contributed by atoms with Crippen molar-refractivity contribution in [2.24, 2.45) is 4.99 Å². The van der Waals surface area contributed by atoms with Crippen LogP contribution < -0.4 is 0 Å². The van der Waals surface area contributed by atoms with Gasteiger partial charge in [-0.1, -0.05) is 27.5 Å². The largest absolute Gasteiger partial charge is 0.474 e. The van der Waals surface area contributed by atoms with Crippen molar-refractivity contribution >= 4 is 45.4 Å². The number of carbonyl (C=O) groups excluding carboxylic acids is 2. The Kier molecular flexibility index (Phi) is 6.31. The van der Waals surface area contributed by atoms with Crippen LogP contribution in [0.3, 0.4) is 0 Å². The molecule has 2 heterocycles. The number of pyridine rings is 1. The third kappa shape index (κ3) is 4.34.